The van der Waals surface area contributed by atoms with Crippen molar-refractivity contribution >= 4 is 44.6 Å². The van der Waals surface area contributed by atoms with E-state index in [1.165, 1.54) is 11.3 Å². The van der Waals surface area contributed by atoms with Crippen molar-refractivity contribution in [2.24, 2.45) is 0 Å². The summed E-state index contributed by atoms with van der Waals surface area (Å²) in [5.41, 5.74) is 2.59. The number of thiophene rings is 1. The second kappa shape index (κ2) is 5.39. The highest BCUT2D eigenvalue weighted by Crippen LogP contribution is 2.35. The van der Waals surface area contributed by atoms with Crippen LogP contribution in [0.15, 0.2) is 28.7 Å². The van der Waals surface area contributed by atoms with Crippen molar-refractivity contribution in [1.82, 2.24) is 0 Å². The predicted molar refractivity (Wildman–Crippen MR) is 88.4 cm³/mol. The highest BCUT2D eigenvalue weighted by Gasteiger charge is 2.25. The van der Waals surface area contributed by atoms with Crippen LogP contribution in [0.3, 0.4) is 0 Å². The maximum absolute atomic E-state index is 12.6. The van der Waals surface area contributed by atoms with E-state index in [0.717, 1.165) is 31.9 Å². The van der Waals surface area contributed by atoms with Crippen molar-refractivity contribution in [2.45, 2.75) is 20.3 Å². The highest BCUT2D eigenvalue weighted by molar-refractivity contribution is 9.10. The molecule has 0 N–H and O–H groups in total. The third kappa shape index (κ3) is 2.56. The molecule has 1 aromatic heterocycles. The summed E-state index contributed by atoms with van der Waals surface area (Å²) in [5, 5.41) is 0. The third-order valence-corrected chi connectivity index (χ3v) is 5.31. The number of carbonyl (C=O) groups is 2. The molecule has 2 aromatic rings. The Labute approximate surface area is 135 Å². The van der Waals surface area contributed by atoms with Crippen molar-refractivity contribution in [3.8, 4) is 0 Å². The molecule has 1 amide bonds. The maximum atomic E-state index is 12.6. The van der Waals surface area contributed by atoms with Gasteiger partial charge < -0.3 is 4.90 Å². The van der Waals surface area contributed by atoms with Gasteiger partial charge in [0.15, 0.2) is 0 Å². The number of aryl methyl sites for hydroxylation is 1. The monoisotopic (exact) mass is 363 g/mol. The minimum atomic E-state index is -0.00169. The first-order chi connectivity index (χ1) is 9.97. The Morgan fingerprint density at radius 2 is 2.05 bits per heavy atom. The van der Waals surface area contributed by atoms with Gasteiger partial charge in [-0.3, -0.25) is 9.59 Å². The quantitative estimate of drug-likeness (QED) is 0.757. The molecule has 0 atom stereocenters. The van der Waals surface area contributed by atoms with Crippen molar-refractivity contribution in [2.75, 3.05) is 11.4 Å². The zero-order valence-electron chi connectivity index (χ0n) is 11.8. The summed E-state index contributed by atoms with van der Waals surface area (Å²) < 4.78 is 0.794. The van der Waals surface area contributed by atoms with Crippen molar-refractivity contribution in [1.29, 1.82) is 0 Å². The van der Waals surface area contributed by atoms with E-state index < -0.39 is 0 Å². The number of anilines is 1. The van der Waals surface area contributed by atoms with Crippen molar-refractivity contribution in [3.63, 3.8) is 0 Å². The van der Waals surface area contributed by atoms with E-state index >= 15 is 0 Å². The van der Waals surface area contributed by atoms with Gasteiger partial charge in [0, 0.05) is 34.1 Å². The summed E-state index contributed by atoms with van der Waals surface area (Å²) >= 11 is 4.98. The van der Waals surface area contributed by atoms with Gasteiger partial charge in [0.2, 0.25) is 11.7 Å². The van der Waals surface area contributed by atoms with Gasteiger partial charge >= 0.3 is 0 Å². The number of ketones is 1. The number of amides is 1. The van der Waals surface area contributed by atoms with Crippen molar-refractivity contribution < 1.29 is 9.59 Å². The minimum absolute atomic E-state index is 0.00169. The summed E-state index contributed by atoms with van der Waals surface area (Å²) in [7, 11) is 0. The van der Waals surface area contributed by atoms with Crippen LogP contribution in [-0.4, -0.2) is 18.2 Å². The number of hydrogen-bond donors (Lipinski definition) is 0. The Hall–Kier alpha value is -1.46. The molecule has 0 saturated carbocycles. The molecule has 0 fully saturated rings. The Bertz CT molecular complexity index is 751. The number of halogens is 1. The average Bonchev–Trinajstić information content (AvgIpc) is 3.02. The zero-order chi connectivity index (χ0) is 15.1. The van der Waals surface area contributed by atoms with Crippen molar-refractivity contribution in [3.05, 3.63) is 49.6 Å². The first-order valence-electron chi connectivity index (χ1n) is 6.69. The van der Waals surface area contributed by atoms with E-state index in [1.807, 2.05) is 31.2 Å². The largest absolute Gasteiger partial charge is 0.312 e. The first-order valence-corrected chi connectivity index (χ1v) is 8.30. The number of carbonyl (C=O) groups excluding carboxylic acids is 2. The fourth-order valence-corrected chi connectivity index (χ4v) is 3.99. The van der Waals surface area contributed by atoms with Crippen LogP contribution in [0.4, 0.5) is 5.69 Å². The van der Waals surface area contributed by atoms with Crippen LogP contribution in [0.1, 0.15) is 32.6 Å². The van der Waals surface area contributed by atoms with Gasteiger partial charge in [0.25, 0.3) is 0 Å². The molecule has 3 nitrogen and oxygen atoms in total. The van der Waals surface area contributed by atoms with Crippen LogP contribution in [0, 0.1) is 6.92 Å². The summed E-state index contributed by atoms with van der Waals surface area (Å²) in [6.45, 7) is 4.23. The number of rotatable bonds is 2. The lowest BCUT2D eigenvalue weighted by Crippen LogP contribution is -2.25. The van der Waals surface area contributed by atoms with Gasteiger partial charge in [-0.2, -0.15) is 0 Å². The smallest absolute Gasteiger partial charge is 0.223 e. The van der Waals surface area contributed by atoms with Crippen LogP contribution in [0.25, 0.3) is 0 Å². The minimum Gasteiger partial charge on any atom is -0.312 e. The molecule has 0 radical (unpaired) electrons. The second-order valence-electron chi connectivity index (χ2n) is 5.12. The standard InChI is InChI=1S/C16H14BrNO2S/c1-9-3-4-15(21-9)16(20)12-8-14-11(7-13(12)17)5-6-18(14)10(2)19/h3-4,7-8H,5-6H2,1-2H3. The van der Waals surface area contributed by atoms with Crippen LogP contribution >= 0.6 is 27.3 Å². The molecule has 0 spiro atoms. The normalized spacial score (nSPS) is 13.4. The van der Waals surface area contributed by atoms with E-state index in [1.54, 1.807) is 11.8 Å². The van der Waals surface area contributed by atoms with Crippen LogP contribution < -0.4 is 4.90 Å². The van der Waals surface area contributed by atoms with Gasteiger partial charge in [-0.05, 0) is 43.2 Å². The predicted octanol–water partition coefficient (Wildman–Crippen LogP) is 3.96. The van der Waals surface area contributed by atoms with E-state index in [0.29, 0.717) is 12.1 Å². The van der Waals surface area contributed by atoms with E-state index in [4.69, 9.17) is 0 Å². The molecule has 1 aliphatic rings. The molecular weight excluding hydrogens is 350 g/mol. The van der Waals surface area contributed by atoms with E-state index in [2.05, 4.69) is 15.9 Å². The Morgan fingerprint density at radius 1 is 1.29 bits per heavy atom. The molecule has 1 aromatic carbocycles. The summed E-state index contributed by atoms with van der Waals surface area (Å²) in [5.74, 6) is 0.0135. The van der Waals surface area contributed by atoms with Gasteiger partial charge in [-0.25, -0.2) is 0 Å². The summed E-state index contributed by atoms with van der Waals surface area (Å²) in [6.07, 6.45) is 0.833. The molecule has 21 heavy (non-hydrogen) atoms. The molecule has 0 unspecified atom stereocenters. The number of benzene rings is 1. The lowest BCUT2D eigenvalue weighted by molar-refractivity contribution is -0.116. The molecule has 5 heteroatoms. The molecule has 0 bridgehead atoms. The molecule has 0 saturated heterocycles. The Morgan fingerprint density at radius 3 is 2.67 bits per heavy atom. The first kappa shape index (κ1) is 14.5. The molecule has 0 aliphatic carbocycles. The molecule has 1 aliphatic heterocycles. The Balaban J connectivity index is 2.06. The molecule has 2 heterocycles. The molecule has 108 valence electrons. The van der Waals surface area contributed by atoms with Crippen LogP contribution in [-0.2, 0) is 11.2 Å². The Kier molecular flexibility index (Phi) is 3.71. The SMILES string of the molecule is CC(=O)N1CCc2cc(Br)c(C(=O)c3ccc(C)s3)cc21. The van der Waals surface area contributed by atoms with Gasteiger partial charge in [0.1, 0.15) is 0 Å². The van der Waals surface area contributed by atoms with Crippen LogP contribution in [0.5, 0.6) is 0 Å². The molecule has 3 rings (SSSR count). The fourth-order valence-electron chi connectivity index (χ4n) is 2.60. The van der Waals surface area contributed by atoms with Gasteiger partial charge in [-0.1, -0.05) is 15.9 Å². The number of hydrogen-bond acceptors (Lipinski definition) is 3. The number of fused-ring (bicyclic) bond motifs is 1. The average molecular weight is 364 g/mol. The summed E-state index contributed by atoms with van der Waals surface area (Å²) in [6, 6.07) is 7.60. The zero-order valence-corrected chi connectivity index (χ0v) is 14.2. The van der Waals surface area contributed by atoms with E-state index in [9.17, 15) is 9.59 Å². The van der Waals surface area contributed by atoms with Gasteiger partial charge in [0.05, 0.1) is 4.88 Å². The number of nitrogens with zero attached hydrogens (tertiary/aromatic N) is 1. The molecular formula is C16H14BrNO2S. The van der Waals surface area contributed by atoms with Crippen LogP contribution in [0.2, 0.25) is 0 Å². The lowest BCUT2D eigenvalue weighted by atomic mass is 10.0. The summed E-state index contributed by atoms with van der Waals surface area (Å²) in [4.78, 5) is 27.9. The van der Waals surface area contributed by atoms with E-state index in [-0.39, 0.29) is 11.7 Å². The third-order valence-electron chi connectivity index (χ3n) is 3.65. The highest BCUT2D eigenvalue weighted by atomic mass is 79.9. The van der Waals surface area contributed by atoms with Gasteiger partial charge in [-0.15, -0.1) is 11.3 Å². The second-order valence-corrected chi connectivity index (χ2v) is 7.26. The lowest BCUT2D eigenvalue weighted by Gasteiger charge is -2.16. The maximum Gasteiger partial charge on any atom is 0.223 e. The fraction of sp³-hybridized carbons (Fsp3) is 0.250. The topological polar surface area (TPSA) is 37.4 Å².